The average molecular weight is 551 g/mol. The number of aromatic nitrogens is 2. The van der Waals surface area contributed by atoms with Gasteiger partial charge >= 0.3 is 12.1 Å². The quantitative estimate of drug-likeness (QED) is 0.213. The molecule has 0 atom stereocenters. The minimum Gasteiger partial charge on any atom is -0.347 e. The predicted octanol–water partition coefficient (Wildman–Crippen LogP) is 2.19. The number of carbonyl (C=O) groups excluding carboxylic acids is 6. The van der Waals surface area contributed by atoms with Crippen molar-refractivity contribution in [2.75, 3.05) is 0 Å². The summed E-state index contributed by atoms with van der Waals surface area (Å²) in [5.74, 6) is -3.02. The molecule has 4 heterocycles. The van der Waals surface area contributed by atoms with Gasteiger partial charge in [0.1, 0.15) is 11.1 Å². The number of nitrogens with zero attached hydrogens (tertiary/aromatic N) is 2. The molecule has 2 fully saturated rings. The summed E-state index contributed by atoms with van der Waals surface area (Å²) in [6, 6.07) is 13.5. The largest absolute Gasteiger partial charge is 0.347 e. The van der Waals surface area contributed by atoms with Gasteiger partial charge in [0.2, 0.25) is 0 Å². The van der Waals surface area contributed by atoms with Crippen LogP contribution in [-0.4, -0.2) is 44.8 Å². The van der Waals surface area contributed by atoms with Gasteiger partial charge < -0.3 is 9.13 Å². The van der Waals surface area contributed by atoms with Gasteiger partial charge in [-0.05, 0) is 30.7 Å². The Labute approximate surface area is 231 Å². The summed E-state index contributed by atoms with van der Waals surface area (Å²) < 4.78 is 4.07. The lowest BCUT2D eigenvalue weighted by Gasteiger charge is -2.13. The van der Waals surface area contributed by atoms with E-state index in [0.717, 1.165) is 21.8 Å². The van der Waals surface area contributed by atoms with Crippen LogP contribution in [-0.2, 0) is 32.3 Å². The van der Waals surface area contributed by atoms with Crippen LogP contribution in [0.2, 0.25) is 0 Å². The van der Waals surface area contributed by atoms with Crippen molar-refractivity contribution in [1.82, 2.24) is 30.4 Å². The van der Waals surface area contributed by atoms with Gasteiger partial charge in [0.15, 0.2) is 0 Å². The van der Waals surface area contributed by atoms with Crippen molar-refractivity contribution >= 4 is 69.6 Å². The van der Waals surface area contributed by atoms with Gasteiger partial charge in [0, 0.05) is 58.4 Å². The first-order valence-corrected chi connectivity index (χ1v) is 12.7. The summed E-state index contributed by atoms with van der Waals surface area (Å²) >= 11 is 0. The Kier molecular flexibility index (Phi) is 6.27. The monoisotopic (exact) mass is 550 g/mol. The molecule has 2 saturated heterocycles. The Hall–Kier alpha value is -5.78. The molecule has 4 N–H and O–H groups in total. The molecular formula is C29H22N6O6. The summed E-state index contributed by atoms with van der Waals surface area (Å²) in [6.07, 6.45) is 7.37. The van der Waals surface area contributed by atoms with E-state index in [1.165, 1.54) is 12.2 Å². The van der Waals surface area contributed by atoms with Crippen molar-refractivity contribution in [3.63, 3.8) is 0 Å². The van der Waals surface area contributed by atoms with Gasteiger partial charge in [0.05, 0.1) is 0 Å². The molecule has 0 aliphatic carbocycles. The molecule has 204 valence electrons. The van der Waals surface area contributed by atoms with E-state index in [1.807, 2.05) is 70.1 Å². The number of aryl methyl sites for hydroxylation is 2. The number of fused-ring (bicyclic) bond motifs is 2. The van der Waals surface area contributed by atoms with Crippen LogP contribution in [0.25, 0.3) is 34.0 Å². The molecule has 6 rings (SSSR count). The van der Waals surface area contributed by atoms with E-state index in [4.69, 9.17) is 0 Å². The minimum absolute atomic E-state index is 0.155. The molecule has 0 bridgehead atoms. The number of barbiturate groups is 2. The topological polar surface area (TPSA) is 160 Å². The van der Waals surface area contributed by atoms with E-state index < -0.39 is 35.7 Å². The maximum Gasteiger partial charge on any atom is 0.328 e. The molecule has 2 aromatic carbocycles. The van der Waals surface area contributed by atoms with Gasteiger partial charge in [-0.3, -0.25) is 40.4 Å². The first-order chi connectivity index (χ1) is 19.8. The van der Waals surface area contributed by atoms with Crippen molar-refractivity contribution in [2.45, 2.75) is 19.5 Å². The molecule has 0 spiro atoms. The molecule has 12 nitrogen and oxygen atoms in total. The van der Waals surface area contributed by atoms with E-state index >= 15 is 0 Å². The summed E-state index contributed by atoms with van der Waals surface area (Å²) in [6.45, 7) is 1.22. The van der Waals surface area contributed by atoms with Gasteiger partial charge in [-0.15, -0.1) is 0 Å². The Morgan fingerprint density at radius 3 is 1.29 bits per heavy atom. The lowest BCUT2D eigenvalue weighted by atomic mass is 10.1. The molecule has 41 heavy (non-hydrogen) atoms. The summed E-state index contributed by atoms with van der Waals surface area (Å²) in [5.41, 5.74) is 2.85. The third-order valence-electron chi connectivity index (χ3n) is 6.92. The van der Waals surface area contributed by atoms with Gasteiger partial charge in [0.25, 0.3) is 23.6 Å². The molecule has 0 radical (unpaired) electrons. The maximum atomic E-state index is 12.2. The molecule has 2 aromatic heterocycles. The van der Waals surface area contributed by atoms with E-state index in [9.17, 15) is 28.8 Å². The summed E-state index contributed by atoms with van der Waals surface area (Å²) in [5, 5.41) is 10.0. The second kappa shape index (κ2) is 10.1. The van der Waals surface area contributed by atoms with Crippen molar-refractivity contribution in [1.29, 1.82) is 0 Å². The van der Waals surface area contributed by atoms with E-state index in [-0.39, 0.29) is 11.1 Å². The number of benzene rings is 2. The van der Waals surface area contributed by atoms with Crippen molar-refractivity contribution in [3.05, 3.63) is 83.2 Å². The highest BCUT2D eigenvalue weighted by molar-refractivity contribution is 6.32. The number of urea groups is 2. The van der Waals surface area contributed by atoms with Crippen molar-refractivity contribution < 1.29 is 28.8 Å². The predicted molar refractivity (Wildman–Crippen MR) is 148 cm³/mol. The average Bonchev–Trinajstić information content (AvgIpc) is 3.46. The van der Waals surface area contributed by atoms with Crippen LogP contribution in [0, 0.1) is 0 Å². The van der Waals surface area contributed by atoms with Crippen LogP contribution in [0.3, 0.4) is 0 Å². The Balaban J connectivity index is 1.26. The van der Waals surface area contributed by atoms with Crippen LogP contribution in [0.5, 0.6) is 0 Å². The van der Waals surface area contributed by atoms with E-state index in [1.54, 1.807) is 0 Å². The molecular weight excluding hydrogens is 528 g/mol. The zero-order chi connectivity index (χ0) is 28.7. The van der Waals surface area contributed by atoms with Crippen LogP contribution in [0.1, 0.15) is 17.5 Å². The zero-order valence-electron chi connectivity index (χ0n) is 21.4. The fourth-order valence-electron chi connectivity index (χ4n) is 5.09. The lowest BCUT2D eigenvalue weighted by molar-refractivity contribution is -0.125. The number of nitrogens with one attached hydrogen (secondary N) is 4. The maximum absolute atomic E-state index is 12.2. The van der Waals surface area contributed by atoms with Gasteiger partial charge in [-0.2, -0.15) is 0 Å². The first kappa shape index (κ1) is 25.5. The highest BCUT2D eigenvalue weighted by Gasteiger charge is 2.29. The molecule has 2 aliphatic heterocycles. The summed E-state index contributed by atoms with van der Waals surface area (Å²) in [4.78, 5) is 71.8. The number of amides is 8. The highest BCUT2D eigenvalue weighted by atomic mass is 16.2. The van der Waals surface area contributed by atoms with Crippen LogP contribution >= 0.6 is 0 Å². The van der Waals surface area contributed by atoms with E-state index in [2.05, 4.69) is 21.3 Å². The van der Waals surface area contributed by atoms with Crippen LogP contribution < -0.4 is 21.3 Å². The number of imide groups is 4. The first-order valence-electron chi connectivity index (χ1n) is 12.7. The fraction of sp³-hybridized carbons (Fsp3) is 0.103. The molecule has 8 amide bonds. The fourth-order valence-corrected chi connectivity index (χ4v) is 5.09. The Morgan fingerprint density at radius 1 is 0.537 bits per heavy atom. The van der Waals surface area contributed by atoms with Crippen LogP contribution in [0.4, 0.5) is 9.59 Å². The summed E-state index contributed by atoms with van der Waals surface area (Å²) in [7, 11) is 0. The second-order valence-electron chi connectivity index (χ2n) is 9.53. The minimum atomic E-state index is -0.850. The van der Waals surface area contributed by atoms with Crippen molar-refractivity contribution in [3.8, 4) is 0 Å². The zero-order valence-corrected chi connectivity index (χ0v) is 21.4. The number of carbonyl (C=O) groups is 6. The van der Waals surface area contributed by atoms with Gasteiger partial charge in [-0.1, -0.05) is 36.4 Å². The van der Waals surface area contributed by atoms with Gasteiger partial charge in [-0.25, -0.2) is 9.59 Å². The van der Waals surface area contributed by atoms with E-state index in [0.29, 0.717) is 30.6 Å². The Bertz CT molecular complexity index is 1710. The number of rotatable bonds is 6. The molecule has 12 heteroatoms. The lowest BCUT2D eigenvalue weighted by Crippen LogP contribution is -2.51. The number of hydrogen-bond donors (Lipinski definition) is 4. The molecule has 2 aliphatic rings. The SMILES string of the molecule is O=C1NC(=O)C(=Cc2cn(CCCn3cc(C=C4C(=O)NC(=O)NC4=O)c4ccccc43)c3ccccc23)C(=O)N1. The number of hydrogen-bond acceptors (Lipinski definition) is 6. The second-order valence-corrected chi connectivity index (χ2v) is 9.53. The molecule has 0 saturated carbocycles. The highest BCUT2D eigenvalue weighted by Crippen LogP contribution is 2.27. The third-order valence-corrected chi connectivity index (χ3v) is 6.92. The van der Waals surface area contributed by atoms with Crippen molar-refractivity contribution in [2.24, 2.45) is 0 Å². The smallest absolute Gasteiger partial charge is 0.328 e. The van der Waals surface area contributed by atoms with Crippen LogP contribution in [0.15, 0.2) is 72.1 Å². The normalized spacial score (nSPS) is 15.6. The number of para-hydroxylation sites is 2. The molecule has 0 unspecified atom stereocenters. The Morgan fingerprint density at radius 2 is 0.902 bits per heavy atom. The third kappa shape index (κ3) is 4.78. The molecule has 4 aromatic rings. The standard InChI is InChI=1S/C29H22N6O6/c36-24-20(25(37)31-28(40)30-24)12-16-14-34(22-8-3-1-6-18(16)22)10-5-11-35-15-17(19-7-2-4-9-23(19)35)13-21-26(38)32-29(41)33-27(21)39/h1-4,6-9,12-15H,5,10-11H2,(H2,30,31,36,37,40)(H2,32,33,38,39,41).